The highest BCUT2D eigenvalue weighted by Crippen LogP contribution is 2.13. The molecule has 0 aliphatic heterocycles. The normalized spacial score (nSPS) is 10.1. The zero-order valence-electron chi connectivity index (χ0n) is 18.1. The number of ether oxygens (including phenoxy) is 2. The average Bonchev–Trinajstić information content (AvgIpc) is 2.81. The molecule has 0 heterocycles. The standard InChI is InChI=1S/C23H27N3O6/c1-3-4-12-31-19-10-8-16(9-11-19)23(30)25-14-21(28)32-15-20(27)26-18-7-5-6-17(13-18)22(29)24-2/h5-11,13H,3-4,12,14-15H2,1-2H3,(H,24,29)(H,25,30)(H,26,27). The van der Waals surface area contributed by atoms with Crippen molar-refractivity contribution < 1.29 is 28.7 Å². The summed E-state index contributed by atoms with van der Waals surface area (Å²) >= 11 is 0. The molecular formula is C23H27N3O6. The Balaban J connectivity index is 1.73. The summed E-state index contributed by atoms with van der Waals surface area (Å²) in [6.45, 7) is 1.78. The fourth-order valence-electron chi connectivity index (χ4n) is 2.57. The lowest BCUT2D eigenvalue weighted by molar-refractivity contribution is -0.146. The lowest BCUT2D eigenvalue weighted by Gasteiger charge is -2.09. The molecule has 0 aliphatic rings. The second kappa shape index (κ2) is 12.7. The Kier molecular flexibility index (Phi) is 9.70. The Morgan fingerprint density at radius 3 is 2.38 bits per heavy atom. The van der Waals surface area contributed by atoms with E-state index in [9.17, 15) is 19.2 Å². The second-order valence-electron chi connectivity index (χ2n) is 6.78. The monoisotopic (exact) mass is 441 g/mol. The topological polar surface area (TPSA) is 123 Å². The zero-order valence-corrected chi connectivity index (χ0v) is 18.1. The first-order valence-corrected chi connectivity index (χ1v) is 10.2. The molecule has 0 aliphatic carbocycles. The van der Waals surface area contributed by atoms with Crippen LogP contribution in [-0.2, 0) is 14.3 Å². The lowest BCUT2D eigenvalue weighted by Crippen LogP contribution is -2.32. The van der Waals surface area contributed by atoms with Crippen LogP contribution in [0.2, 0.25) is 0 Å². The number of amides is 3. The minimum absolute atomic E-state index is 0.290. The number of anilines is 1. The lowest BCUT2D eigenvalue weighted by atomic mass is 10.2. The summed E-state index contributed by atoms with van der Waals surface area (Å²) in [5.41, 5.74) is 1.14. The number of carbonyl (C=O) groups excluding carboxylic acids is 4. The van der Waals surface area contributed by atoms with Gasteiger partial charge in [-0.2, -0.15) is 0 Å². The summed E-state index contributed by atoms with van der Waals surface area (Å²) < 4.78 is 10.4. The van der Waals surface area contributed by atoms with Gasteiger partial charge in [0.15, 0.2) is 6.61 Å². The molecule has 2 aromatic carbocycles. The number of esters is 1. The highest BCUT2D eigenvalue weighted by Gasteiger charge is 2.12. The van der Waals surface area contributed by atoms with Gasteiger partial charge in [0.1, 0.15) is 12.3 Å². The maximum absolute atomic E-state index is 12.1. The molecule has 2 rings (SSSR count). The first-order chi connectivity index (χ1) is 15.4. The quantitative estimate of drug-likeness (QED) is 0.363. The number of nitrogens with one attached hydrogen (secondary N) is 3. The predicted molar refractivity (Wildman–Crippen MR) is 119 cm³/mol. The third-order valence-corrected chi connectivity index (χ3v) is 4.28. The minimum atomic E-state index is -0.757. The Bertz CT molecular complexity index is 943. The maximum atomic E-state index is 12.1. The largest absolute Gasteiger partial charge is 0.494 e. The Morgan fingerprint density at radius 2 is 1.69 bits per heavy atom. The molecule has 32 heavy (non-hydrogen) atoms. The number of hydrogen-bond acceptors (Lipinski definition) is 6. The maximum Gasteiger partial charge on any atom is 0.325 e. The molecule has 0 saturated carbocycles. The summed E-state index contributed by atoms with van der Waals surface area (Å²) in [4.78, 5) is 47.6. The molecule has 9 heteroatoms. The molecule has 170 valence electrons. The smallest absolute Gasteiger partial charge is 0.325 e. The summed E-state index contributed by atoms with van der Waals surface area (Å²) in [6.07, 6.45) is 1.98. The van der Waals surface area contributed by atoms with Crippen LogP contribution in [0.15, 0.2) is 48.5 Å². The molecule has 2 aromatic rings. The van der Waals surface area contributed by atoms with Gasteiger partial charge in [0, 0.05) is 23.9 Å². The van der Waals surface area contributed by atoms with Gasteiger partial charge in [-0.25, -0.2) is 0 Å². The van der Waals surface area contributed by atoms with Gasteiger partial charge < -0.3 is 25.4 Å². The van der Waals surface area contributed by atoms with Crippen molar-refractivity contribution in [2.24, 2.45) is 0 Å². The minimum Gasteiger partial charge on any atom is -0.494 e. The predicted octanol–water partition coefficient (Wildman–Crippen LogP) is 2.14. The molecule has 0 fully saturated rings. The highest BCUT2D eigenvalue weighted by molar-refractivity contribution is 5.98. The summed E-state index contributed by atoms with van der Waals surface area (Å²) in [6, 6.07) is 12.9. The van der Waals surface area contributed by atoms with Gasteiger partial charge in [-0.05, 0) is 48.9 Å². The van der Waals surface area contributed by atoms with Crippen LogP contribution in [0.5, 0.6) is 5.75 Å². The fourth-order valence-corrected chi connectivity index (χ4v) is 2.57. The SMILES string of the molecule is CCCCOc1ccc(C(=O)NCC(=O)OCC(=O)Nc2cccc(C(=O)NC)c2)cc1. The fraction of sp³-hybridized carbons (Fsp3) is 0.304. The van der Waals surface area contributed by atoms with Crippen molar-refractivity contribution in [3.63, 3.8) is 0 Å². The molecule has 0 radical (unpaired) electrons. The van der Waals surface area contributed by atoms with Crippen molar-refractivity contribution in [1.82, 2.24) is 10.6 Å². The Hall–Kier alpha value is -3.88. The Morgan fingerprint density at radius 1 is 0.938 bits per heavy atom. The molecule has 0 spiro atoms. The molecular weight excluding hydrogens is 414 g/mol. The highest BCUT2D eigenvalue weighted by atomic mass is 16.5. The van der Waals surface area contributed by atoms with Crippen LogP contribution in [0.1, 0.15) is 40.5 Å². The molecule has 0 atom stereocenters. The molecule has 0 aromatic heterocycles. The second-order valence-corrected chi connectivity index (χ2v) is 6.78. The van der Waals surface area contributed by atoms with E-state index in [0.717, 1.165) is 12.8 Å². The van der Waals surface area contributed by atoms with E-state index in [1.165, 1.54) is 13.1 Å². The third kappa shape index (κ3) is 8.10. The summed E-state index contributed by atoms with van der Waals surface area (Å²) in [7, 11) is 1.50. The molecule has 9 nitrogen and oxygen atoms in total. The molecule has 0 saturated heterocycles. The van der Waals surface area contributed by atoms with Crippen LogP contribution >= 0.6 is 0 Å². The van der Waals surface area contributed by atoms with Crippen LogP contribution in [0.3, 0.4) is 0 Å². The van der Waals surface area contributed by atoms with Crippen LogP contribution < -0.4 is 20.7 Å². The van der Waals surface area contributed by atoms with Gasteiger partial charge in [0.25, 0.3) is 17.7 Å². The van der Waals surface area contributed by atoms with E-state index in [2.05, 4.69) is 22.9 Å². The van der Waals surface area contributed by atoms with E-state index in [-0.39, 0.29) is 12.5 Å². The number of rotatable bonds is 11. The van der Waals surface area contributed by atoms with E-state index >= 15 is 0 Å². The van der Waals surface area contributed by atoms with Crippen molar-refractivity contribution in [3.05, 3.63) is 59.7 Å². The molecule has 0 bridgehead atoms. The van der Waals surface area contributed by atoms with Gasteiger partial charge in [-0.3, -0.25) is 19.2 Å². The number of hydrogen-bond donors (Lipinski definition) is 3. The van der Waals surface area contributed by atoms with Gasteiger partial charge in [-0.1, -0.05) is 19.4 Å². The summed E-state index contributed by atoms with van der Waals surface area (Å²) in [5.74, 6) is -1.40. The van der Waals surface area contributed by atoms with E-state index in [1.807, 2.05) is 0 Å². The number of benzene rings is 2. The molecule has 3 N–H and O–H groups in total. The number of carbonyl (C=O) groups is 4. The summed E-state index contributed by atoms with van der Waals surface area (Å²) in [5, 5.41) is 7.46. The van der Waals surface area contributed by atoms with E-state index in [0.29, 0.717) is 29.2 Å². The first kappa shape index (κ1) is 24.4. The van der Waals surface area contributed by atoms with Gasteiger partial charge in [-0.15, -0.1) is 0 Å². The van der Waals surface area contributed by atoms with Gasteiger partial charge >= 0.3 is 5.97 Å². The van der Waals surface area contributed by atoms with Crippen molar-refractivity contribution in [3.8, 4) is 5.75 Å². The van der Waals surface area contributed by atoms with Crippen molar-refractivity contribution in [2.75, 3.05) is 32.1 Å². The average molecular weight is 441 g/mol. The first-order valence-electron chi connectivity index (χ1n) is 10.2. The van der Waals surface area contributed by atoms with Crippen molar-refractivity contribution in [2.45, 2.75) is 19.8 Å². The van der Waals surface area contributed by atoms with Crippen molar-refractivity contribution >= 4 is 29.4 Å². The van der Waals surface area contributed by atoms with Gasteiger partial charge in [0.05, 0.1) is 6.61 Å². The van der Waals surface area contributed by atoms with Crippen LogP contribution in [0, 0.1) is 0 Å². The van der Waals surface area contributed by atoms with Crippen LogP contribution in [0.4, 0.5) is 5.69 Å². The zero-order chi connectivity index (χ0) is 23.3. The molecule has 3 amide bonds. The van der Waals surface area contributed by atoms with Crippen molar-refractivity contribution in [1.29, 1.82) is 0 Å². The van der Waals surface area contributed by atoms with E-state index in [1.54, 1.807) is 42.5 Å². The third-order valence-electron chi connectivity index (χ3n) is 4.28. The van der Waals surface area contributed by atoms with Gasteiger partial charge in [0.2, 0.25) is 0 Å². The van der Waals surface area contributed by atoms with Crippen LogP contribution in [-0.4, -0.2) is 50.5 Å². The molecule has 0 unspecified atom stereocenters. The Labute approximate surface area is 186 Å². The van der Waals surface area contributed by atoms with Crippen LogP contribution in [0.25, 0.3) is 0 Å². The van der Waals surface area contributed by atoms with E-state index < -0.39 is 24.4 Å². The number of unbranched alkanes of at least 4 members (excludes halogenated alkanes) is 1. The van der Waals surface area contributed by atoms with E-state index in [4.69, 9.17) is 9.47 Å².